The van der Waals surface area contributed by atoms with Gasteiger partial charge in [-0.05, 0) is 62.8 Å². The van der Waals surface area contributed by atoms with Gasteiger partial charge in [0.25, 0.3) is 11.8 Å². The molecule has 1 aromatic carbocycles. The summed E-state index contributed by atoms with van der Waals surface area (Å²) in [4.78, 5) is 33.9. The number of methoxy groups -OCH3 is 1. The average molecular weight is 526 g/mol. The van der Waals surface area contributed by atoms with Gasteiger partial charge in [0.15, 0.2) is 5.11 Å². The second-order valence-corrected chi connectivity index (χ2v) is 9.45. The third-order valence-electron chi connectivity index (χ3n) is 6.52. The maximum Gasteiger partial charge on any atom is 0.300 e. The van der Waals surface area contributed by atoms with Gasteiger partial charge in [-0.2, -0.15) is 5.26 Å². The molecule has 4 rings (SSSR count). The second-order valence-electron chi connectivity index (χ2n) is 9.08. The second kappa shape index (κ2) is 9.19. The van der Waals surface area contributed by atoms with E-state index in [0.717, 1.165) is 6.07 Å². The van der Waals surface area contributed by atoms with Gasteiger partial charge in [-0.3, -0.25) is 18.9 Å². The van der Waals surface area contributed by atoms with Gasteiger partial charge in [0.2, 0.25) is 5.75 Å². The van der Waals surface area contributed by atoms with E-state index in [9.17, 15) is 23.6 Å². The fraction of sp³-hybridized carbons (Fsp3) is 0.346. The van der Waals surface area contributed by atoms with Crippen LogP contribution in [0.1, 0.15) is 50.9 Å². The molecule has 1 amide bonds. The van der Waals surface area contributed by atoms with Crippen LogP contribution in [0.3, 0.4) is 0 Å². The highest BCUT2D eigenvalue weighted by atomic mass is 32.1. The number of aryl methyl sites for hydroxylation is 1. The Morgan fingerprint density at radius 3 is 2.43 bits per heavy atom. The zero-order valence-electron chi connectivity index (χ0n) is 21.0. The minimum absolute atomic E-state index is 0.0444. The standard InChI is InChI=1S/C26H25F2N5O3S/c1-6-19-21(36-5)22(34)31-14-17(10-11-20(31)30-19)33-24(37)32(23(35)25(33,3)4)16-9-8-15(13-29)18(12-16)26(27,28)7-2/h8-12,14H,6-7H2,1-5H3. The third kappa shape index (κ3) is 4.01. The lowest BCUT2D eigenvalue weighted by Crippen LogP contribution is -2.44. The smallest absolute Gasteiger partial charge is 0.300 e. The number of rotatable bonds is 6. The lowest BCUT2D eigenvalue weighted by molar-refractivity contribution is -0.120. The average Bonchev–Trinajstić information content (AvgIpc) is 3.06. The highest BCUT2D eigenvalue weighted by molar-refractivity contribution is 7.81. The number of nitrogens with zero attached hydrogens (tertiary/aromatic N) is 5. The van der Waals surface area contributed by atoms with Crippen LogP contribution >= 0.6 is 12.2 Å². The molecule has 0 saturated carbocycles. The molecule has 8 nitrogen and oxygen atoms in total. The van der Waals surface area contributed by atoms with Crippen LogP contribution in [0, 0.1) is 11.3 Å². The van der Waals surface area contributed by atoms with Crippen molar-refractivity contribution in [1.82, 2.24) is 9.38 Å². The molecule has 11 heteroatoms. The summed E-state index contributed by atoms with van der Waals surface area (Å²) >= 11 is 5.67. The van der Waals surface area contributed by atoms with E-state index in [4.69, 9.17) is 17.0 Å². The highest BCUT2D eigenvalue weighted by Gasteiger charge is 2.50. The summed E-state index contributed by atoms with van der Waals surface area (Å²) in [6.45, 7) is 6.49. The SMILES string of the molecule is CCc1nc2ccc(N3C(=S)N(c4ccc(C#N)c(C(F)(F)CC)c4)C(=O)C3(C)C)cn2c(=O)c1OC. The van der Waals surface area contributed by atoms with Gasteiger partial charge in [-0.25, -0.2) is 13.8 Å². The molecule has 0 unspecified atom stereocenters. The Labute approximate surface area is 217 Å². The molecule has 0 spiro atoms. The molecule has 37 heavy (non-hydrogen) atoms. The summed E-state index contributed by atoms with van der Waals surface area (Å²) in [5, 5.41) is 9.40. The number of alkyl halides is 2. The Morgan fingerprint density at radius 2 is 1.84 bits per heavy atom. The largest absolute Gasteiger partial charge is 0.490 e. The first-order valence-corrected chi connectivity index (χ1v) is 12.0. The van der Waals surface area contributed by atoms with Crippen molar-refractivity contribution in [3.8, 4) is 11.8 Å². The van der Waals surface area contributed by atoms with Crippen molar-refractivity contribution in [2.75, 3.05) is 16.9 Å². The van der Waals surface area contributed by atoms with Crippen molar-refractivity contribution in [3.05, 3.63) is 63.7 Å². The van der Waals surface area contributed by atoms with E-state index in [2.05, 4.69) is 4.98 Å². The molecule has 0 bridgehead atoms. The lowest BCUT2D eigenvalue weighted by atomic mass is 9.99. The number of pyridine rings is 1. The molecule has 0 radical (unpaired) electrons. The molecule has 2 aromatic heterocycles. The van der Waals surface area contributed by atoms with Crippen LogP contribution in [0.4, 0.5) is 20.2 Å². The minimum Gasteiger partial charge on any atom is -0.490 e. The maximum atomic E-state index is 14.6. The van der Waals surface area contributed by atoms with E-state index in [-0.39, 0.29) is 22.1 Å². The van der Waals surface area contributed by atoms with Gasteiger partial charge >= 0.3 is 5.56 Å². The molecule has 0 N–H and O–H groups in total. The van der Waals surface area contributed by atoms with E-state index < -0.39 is 34.9 Å². The predicted octanol–water partition coefficient (Wildman–Crippen LogP) is 4.56. The summed E-state index contributed by atoms with van der Waals surface area (Å²) in [6, 6.07) is 8.94. The highest BCUT2D eigenvalue weighted by Crippen LogP contribution is 2.40. The van der Waals surface area contributed by atoms with Crippen LogP contribution in [0.15, 0.2) is 41.3 Å². The Balaban J connectivity index is 1.85. The number of amides is 1. The van der Waals surface area contributed by atoms with Crippen molar-refractivity contribution in [2.45, 2.75) is 52.0 Å². The summed E-state index contributed by atoms with van der Waals surface area (Å²) in [5.41, 5.74) is -0.777. The zero-order chi connectivity index (χ0) is 27.3. The normalized spacial score (nSPS) is 15.4. The van der Waals surface area contributed by atoms with Gasteiger partial charge in [-0.15, -0.1) is 0 Å². The van der Waals surface area contributed by atoms with Gasteiger partial charge in [0.05, 0.1) is 35.8 Å². The number of carbonyl (C=O) groups is 1. The van der Waals surface area contributed by atoms with Crippen LogP contribution in [0.2, 0.25) is 0 Å². The monoisotopic (exact) mass is 525 g/mol. The number of benzene rings is 1. The van der Waals surface area contributed by atoms with Crippen LogP contribution in [0.25, 0.3) is 5.65 Å². The number of thiocarbonyl (C=S) groups is 1. The first kappa shape index (κ1) is 26.2. The summed E-state index contributed by atoms with van der Waals surface area (Å²) in [5.74, 6) is -3.58. The molecule has 1 saturated heterocycles. The van der Waals surface area contributed by atoms with E-state index in [1.807, 2.05) is 6.92 Å². The first-order valence-electron chi connectivity index (χ1n) is 11.6. The van der Waals surface area contributed by atoms with Crippen molar-refractivity contribution >= 4 is 40.3 Å². The van der Waals surface area contributed by atoms with Crippen LogP contribution in [0.5, 0.6) is 5.75 Å². The zero-order valence-corrected chi connectivity index (χ0v) is 21.8. The Hall–Kier alpha value is -3.91. The number of fused-ring (bicyclic) bond motifs is 1. The number of aromatic nitrogens is 2. The summed E-state index contributed by atoms with van der Waals surface area (Å²) in [6.07, 6.45) is 1.52. The third-order valence-corrected chi connectivity index (χ3v) is 6.89. The number of anilines is 2. The number of carbonyl (C=O) groups excluding carboxylic acids is 1. The molecule has 1 aliphatic rings. The van der Waals surface area contributed by atoms with Crippen molar-refractivity contribution in [1.29, 1.82) is 5.26 Å². The first-order chi connectivity index (χ1) is 17.4. The van der Waals surface area contributed by atoms with Crippen molar-refractivity contribution in [3.63, 3.8) is 0 Å². The van der Waals surface area contributed by atoms with E-state index in [1.165, 1.54) is 41.7 Å². The van der Waals surface area contributed by atoms with Crippen molar-refractivity contribution in [2.24, 2.45) is 0 Å². The number of ether oxygens (including phenoxy) is 1. The number of hydrogen-bond acceptors (Lipinski definition) is 6. The van der Waals surface area contributed by atoms with E-state index in [0.29, 0.717) is 23.4 Å². The van der Waals surface area contributed by atoms with Gasteiger partial charge < -0.3 is 9.64 Å². The van der Waals surface area contributed by atoms with E-state index >= 15 is 0 Å². The fourth-order valence-electron chi connectivity index (χ4n) is 4.45. The summed E-state index contributed by atoms with van der Waals surface area (Å²) in [7, 11) is 1.40. The fourth-order valence-corrected chi connectivity index (χ4v) is 4.97. The molecule has 0 aliphatic carbocycles. The van der Waals surface area contributed by atoms with Crippen molar-refractivity contribution < 1.29 is 18.3 Å². The molecule has 3 heterocycles. The van der Waals surface area contributed by atoms with Crippen LogP contribution < -0.4 is 20.1 Å². The van der Waals surface area contributed by atoms with Crippen LogP contribution in [-0.2, 0) is 17.1 Å². The minimum atomic E-state index is -3.26. The Bertz CT molecular complexity index is 1540. The number of nitriles is 1. The topological polar surface area (TPSA) is 90.9 Å². The molecule has 192 valence electrons. The Kier molecular flexibility index (Phi) is 6.50. The van der Waals surface area contributed by atoms with Gasteiger partial charge in [0.1, 0.15) is 11.2 Å². The number of halogens is 2. The predicted molar refractivity (Wildman–Crippen MR) is 139 cm³/mol. The summed E-state index contributed by atoms with van der Waals surface area (Å²) < 4.78 is 35.9. The molecular weight excluding hydrogens is 500 g/mol. The van der Waals surface area contributed by atoms with Gasteiger partial charge in [0, 0.05) is 18.2 Å². The molecule has 1 fully saturated rings. The molecule has 0 atom stereocenters. The van der Waals surface area contributed by atoms with Gasteiger partial charge in [-0.1, -0.05) is 13.8 Å². The van der Waals surface area contributed by atoms with Crippen LogP contribution in [-0.4, -0.2) is 33.1 Å². The lowest BCUT2D eigenvalue weighted by Gasteiger charge is -2.29. The number of hydrogen-bond donors (Lipinski definition) is 0. The Morgan fingerprint density at radius 1 is 1.16 bits per heavy atom. The molecular formula is C26H25F2N5O3S. The van der Waals surface area contributed by atoms with E-state index in [1.54, 1.807) is 36.9 Å². The molecule has 3 aromatic rings. The molecule has 1 aliphatic heterocycles. The maximum absolute atomic E-state index is 14.6. The quantitative estimate of drug-likeness (QED) is 0.436.